The van der Waals surface area contributed by atoms with Crippen LogP contribution in [0.3, 0.4) is 0 Å². The first-order valence-corrected chi connectivity index (χ1v) is 12.4. The topological polar surface area (TPSA) is 63.6 Å². The third kappa shape index (κ3) is 4.80. The summed E-state index contributed by atoms with van der Waals surface area (Å²) in [5.41, 5.74) is 0.860. The number of piperidine rings is 1. The van der Waals surface area contributed by atoms with E-state index in [1.807, 2.05) is 18.2 Å². The fraction of sp³-hybridized carbons (Fsp3) is 0.545. The number of esters is 1. The number of likely N-dealkylation sites (tertiary alicyclic amines) is 1. The van der Waals surface area contributed by atoms with Gasteiger partial charge in [0.1, 0.15) is 0 Å². The highest BCUT2D eigenvalue weighted by atomic mass is 32.2. The second-order valence-corrected chi connectivity index (χ2v) is 10.2. The zero-order valence-electron chi connectivity index (χ0n) is 18.0. The zero-order valence-corrected chi connectivity index (χ0v) is 20.0. The lowest BCUT2D eigenvalue weighted by molar-refractivity contribution is -0.162. The number of ether oxygens (including phenoxy) is 1. The maximum absolute atomic E-state index is 13.2. The van der Waals surface area contributed by atoms with Crippen LogP contribution in [0.25, 0.3) is 10.9 Å². The molecule has 174 valence electrons. The number of rotatable bonds is 6. The maximum Gasteiger partial charge on any atom is 0.380 e. The van der Waals surface area contributed by atoms with Crippen LogP contribution in [-0.4, -0.2) is 58.4 Å². The van der Waals surface area contributed by atoms with Crippen LogP contribution in [0, 0.1) is 5.92 Å². The Kier molecular flexibility index (Phi) is 7.08. The molecule has 1 atom stereocenters. The molecule has 0 spiro atoms. The van der Waals surface area contributed by atoms with Crippen molar-refractivity contribution in [3.63, 3.8) is 0 Å². The minimum atomic E-state index is -3.56. The van der Waals surface area contributed by atoms with Crippen LogP contribution in [0.4, 0.5) is 8.78 Å². The van der Waals surface area contributed by atoms with Crippen molar-refractivity contribution in [2.75, 3.05) is 32.0 Å². The van der Waals surface area contributed by atoms with E-state index < -0.39 is 11.6 Å². The normalized spacial score (nSPS) is 17.4. The number of nitrogens with one attached hydrogen (secondary N) is 1. The predicted octanol–water partition coefficient (Wildman–Crippen LogP) is 3.67. The molecule has 1 saturated heterocycles. The van der Waals surface area contributed by atoms with Gasteiger partial charge in [0, 0.05) is 55.0 Å². The van der Waals surface area contributed by atoms with Gasteiger partial charge in [0.2, 0.25) is 0 Å². The molecule has 2 aliphatic rings. The number of carbonyl (C=O) groups excluding carboxylic acids is 2. The Bertz CT molecular complexity index is 1020. The van der Waals surface area contributed by atoms with Crippen molar-refractivity contribution >= 4 is 44.0 Å². The van der Waals surface area contributed by atoms with Crippen molar-refractivity contribution in [2.45, 2.75) is 38.4 Å². The fourth-order valence-electron chi connectivity index (χ4n) is 4.43. The van der Waals surface area contributed by atoms with Gasteiger partial charge < -0.3 is 15.0 Å². The Morgan fingerprint density at radius 2 is 2.06 bits per heavy atom. The molecule has 0 aliphatic carbocycles. The molecule has 32 heavy (non-hydrogen) atoms. The third-order valence-electron chi connectivity index (χ3n) is 6.10. The monoisotopic (exact) mass is 483 g/mol. The molecule has 6 nitrogen and oxygen atoms in total. The first-order valence-electron chi connectivity index (χ1n) is 10.9. The van der Waals surface area contributed by atoms with E-state index in [9.17, 15) is 18.4 Å². The summed E-state index contributed by atoms with van der Waals surface area (Å²) in [5, 5.41) is 4.56. The number of carbonyl (C=O) groups is 2. The van der Waals surface area contributed by atoms with Crippen molar-refractivity contribution < 1.29 is 23.1 Å². The van der Waals surface area contributed by atoms with Gasteiger partial charge in [-0.05, 0) is 63.7 Å². The average Bonchev–Trinajstić information content (AvgIpc) is 3.10. The highest BCUT2D eigenvalue weighted by molar-refractivity contribution is 7.98. The number of fused-ring (bicyclic) bond motifs is 3. The van der Waals surface area contributed by atoms with Crippen molar-refractivity contribution in [1.29, 1.82) is 0 Å². The van der Waals surface area contributed by atoms with Gasteiger partial charge in [-0.2, -0.15) is 8.78 Å². The zero-order chi connectivity index (χ0) is 22.9. The summed E-state index contributed by atoms with van der Waals surface area (Å²) in [6.07, 6.45) is 2.21. The molecule has 4 rings (SSSR count). The summed E-state index contributed by atoms with van der Waals surface area (Å²) in [7, 11) is 1.19. The Hall–Kier alpha value is -1.70. The summed E-state index contributed by atoms with van der Waals surface area (Å²) in [6, 6.07) is 5.94. The van der Waals surface area contributed by atoms with Crippen LogP contribution in [0.1, 0.15) is 41.4 Å². The van der Waals surface area contributed by atoms with E-state index in [2.05, 4.69) is 16.2 Å². The van der Waals surface area contributed by atoms with E-state index in [-0.39, 0.29) is 18.4 Å². The van der Waals surface area contributed by atoms with Crippen molar-refractivity contribution in [3.05, 3.63) is 35.0 Å². The average molecular weight is 484 g/mol. The number of halogens is 2. The van der Waals surface area contributed by atoms with Crippen LogP contribution in [0.15, 0.2) is 18.2 Å². The standard InChI is InChI=1S/C22H28F2N3O3PS/c1-2-32-27-18-4-3-15(11-16(18)17-12-25-8-5-19(17)27)20(28)26-9-6-14(7-10-26)13-30-21(29)22(23,24)31/h3-4,11,14,25H,2,5-10,12-13,31H2,1H3. The summed E-state index contributed by atoms with van der Waals surface area (Å²) in [5.74, 6) is -0.591. The van der Waals surface area contributed by atoms with Crippen molar-refractivity contribution in [2.24, 2.45) is 5.92 Å². The molecular formula is C22H28F2N3O3PS. The maximum atomic E-state index is 13.2. The van der Waals surface area contributed by atoms with Gasteiger partial charge in [-0.15, -0.1) is 0 Å². The Balaban J connectivity index is 1.44. The van der Waals surface area contributed by atoms with Crippen molar-refractivity contribution in [1.82, 2.24) is 14.2 Å². The van der Waals surface area contributed by atoms with E-state index in [1.54, 1.807) is 16.8 Å². The largest absolute Gasteiger partial charge is 0.461 e. The molecule has 1 N–H and O–H groups in total. The Morgan fingerprint density at radius 3 is 2.75 bits per heavy atom. The fourth-order valence-corrected chi connectivity index (χ4v) is 5.43. The van der Waals surface area contributed by atoms with Gasteiger partial charge in [0.15, 0.2) is 0 Å². The van der Waals surface area contributed by atoms with Gasteiger partial charge in [0.25, 0.3) is 5.91 Å². The molecule has 2 aromatic rings. The van der Waals surface area contributed by atoms with E-state index in [0.29, 0.717) is 31.5 Å². The number of benzene rings is 1. The summed E-state index contributed by atoms with van der Waals surface area (Å²) in [4.78, 5) is 26.2. The smallest absolute Gasteiger partial charge is 0.380 e. The number of aromatic nitrogens is 1. The van der Waals surface area contributed by atoms with Gasteiger partial charge in [-0.3, -0.25) is 8.77 Å². The number of hydrogen-bond acceptors (Lipinski definition) is 5. The first-order chi connectivity index (χ1) is 15.3. The molecule has 10 heteroatoms. The molecule has 2 aliphatic heterocycles. The van der Waals surface area contributed by atoms with E-state index >= 15 is 0 Å². The molecule has 3 heterocycles. The van der Waals surface area contributed by atoms with Crippen LogP contribution < -0.4 is 5.32 Å². The highest BCUT2D eigenvalue weighted by Gasteiger charge is 2.35. The number of amides is 1. The first kappa shape index (κ1) is 23.5. The van der Waals surface area contributed by atoms with Crippen LogP contribution >= 0.6 is 21.2 Å². The molecule has 1 aromatic heterocycles. The molecule has 1 unspecified atom stereocenters. The van der Waals surface area contributed by atoms with Gasteiger partial charge in [0.05, 0.1) is 12.1 Å². The lowest BCUT2D eigenvalue weighted by atomic mass is 9.97. The van der Waals surface area contributed by atoms with Gasteiger partial charge in [-0.25, -0.2) is 4.79 Å². The second-order valence-electron chi connectivity index (χ2n) is 8.25. The number of hydrogen-bond donors (Lipinski definition) is 1. The minimum Gasteiger partial charge on any atom is -0.461 e. The van der Waals surface area contributed by atoms with E-state index in [4.69, 9.17) is 4.74 Å². The number of nitrogens with zero attached hydrogens (tertiary/aromatic N) is 2. The van der Waals surface area contributed by atoms with Crippen LogP contribution in [0.2, 0.25) is 0 Å². The second kappa shape index (κ2) is 9.65. The molecule has 0 bridgehead atoms. The highest BCUT2D eigenvalue weighted by Crippen LogP contribution is 2.33. The quantitative estimate of drug-likeness (QED) is 0.502. The molecule has 1 amide bonds. The lowest BCUT2D eigenvalue weighted by Gasteiger charge is -2.32. The molecule has 0 radical (unpaired) electrons. The summed E-state index contributed by atoms with van der Waals surface area (Å²) in [6.45, 7) is 4.89. The van der Waals surface area contributed by atoms with Gasteiger partial charge >= 0.3 is 11.6 Å². The lowest BCUT2D eigenvalue weighted by Crippen LogP contribution is -2.40. The minimum absolute atomic E-state index is 0.0176. The number of alkyl halides is 2. The van der Waals surface area contributed by atoms with Crippen LogP contribution in [-0.2, 0) is 22.5 Å². The molecule has 1 fully saturated rings. The SMILES string of the molecule is CCSn1c2c(c3cc(C(=O)N4CCC(COC(=O)C(F)(F)P)CC4)ccc31)CNCC2. The molecule has 1 aromatic carbocycles. The third-order valence-corrected chi connectivity index (χ3v) is 7.27. The summed E-state index contributed by atoms with van der Waals surface area (Å²) >= 11 is 1.79. The predicted molar refractivity (Wildman–Crippen MR) is 125 cm³/mol. The Labute approximate surface area is 192 Å². The molecule has 0 saturated carbocycles. The molecular weight excluding hydrogens is 455 g/mol. The van der Waals surface area contributed by atoms with E-state index in [1.165, 1.54) is 20.5 Å². The van der Waals surface area contributed by atoms with Crippen molar-refractivity contribution in [3.8, 4) is 0 Å². The van der Waals surface area contributed by atoms with Gasteiger partial charge in [-0.1, -0.05) is 6.92 Å². The summed E-state index contributed by atoms with van der Waals surface area (Å²) < 4.78 is 32.9. The van der Waals surface area contributed by atoms with Crippen LogP contribution in [0.5, 0.6) is 0 Å². The van der Waals surface area contributed by atoms with E-state index in [0.717, 1.165) is 36.2 Å². The Morgan fingerprint density at radius 1 is 1.31 bits per heavy atom.